The van der Waals surface area contributed by atoms with E-state index in [9.17, 15) is 0 Å². The SMILES string of the molecule is CCC(Br)c1cn(CCC2CCCO2)nn1. The van der Waals surface area contributed by atoms with Crippen molar-refractivity contribution in [3.05, 3.63) is 11.9 Å². The van der Waals surface area contributed by atoms with Crippen LogP contribution in [0.5, 0.6) is 0 Å². The van der Waals surface area contributed by atoms with Crippen molar-refractivity contribution in [1.29, 1.82) is 0 Å². The van der Waals surface area contributed by atoms with Crippen molar-refractivity contribution in [3.8, 4) is 0 Å². The van der Waals surface area contributed by atoms with Gasteiger partial charge in [0.1, 0.15) is 0 Å². The second-order valence-electron chi connectivity index (χ2n) is 4.21. The summed E-state index contributed by atoms with van der Waals surface area (Å²) in [4.78, 5) is 0.323. The largest absolute Gasteiger partial charge is 0.378 e. The summed E-state index contributed by atoms with van der Waals surface area (Å²) >= 11 is 3.58. The van der Waals surface area contributed by atoms with Gasteiger partial charge >= 0.3 is 0 Å². The van der Waals surface area contributed by atoms with Gasteiger partial charge in [-0.2, -0.15) is 0 Å². The first kappa shape index (κ1) is 12.0. The third-order valence-corrected chi connectivity index (χ3v) is 4.06. The quantitative estimate of drug-likeness (QED) is 0.782. The highest BCUT2D eigenvalue weighted by Crippen LogP contribution is 2.23. The molecule has 0 saturated carbocycles. The van der Waals surface area contributed by atoms with E-state index in [1.165, 1.54) is 12.8 Å². The van der Waals surface area contributed by atoms with Gasteiger partial charge in [-0.25, -0.2) is 0 Å². The molecule has 2 rings (SSSR count). The fraction of sp³-hybridized carbons (Fsp3) is 0.818. The van der Waals surface area contributed by atoms with E-state index in [-0.39, 0.29) is 0 Å². The van der Waals surface area contributed by atoms with Crippen molar-refractivity contribution < 1.29 is 4.74 Å². The molecule has 0 N–H and O–H groups in total. The van der Waals surface area contributed by atoms with Crippen LogP contribution in [0.1, 0.15) is 43.1 Å². The predicted octanol–water partition coefficient (Wildman–Crippen LogP) is 2.69. The van der Waals surface area contributed by atoms with Gasteiger partial charge in [-0.05, 0) is 25.7 Å². The van der Waals surface area contributed by atoms with Gasteiger partial charge in [0.2, 0.25) is 0 Å². The zero-order valence-electron chi connectivity index (χ0n) is 9.60. The fourth-order valence-corrected chi connectivity index (χ4v) is 2.13. The van der Waals surface area contributed by atoms with Crippen LogP contribution >= 0.6 is 15.9 Å². The molecule has 1 saturated heterocycles. The Hall–Kier alpha value is -0.420. The van der Waals surface area contributed by atoms with Gasteiger partial charge in [-0.1, -0.05) is 28.1 Å². The van der Waals surface area contributed by atoms with Gasteiger partial charge in [0, 0.05) is 19.3 Å². The minimum absolute atomic E-state index is 0.323. The van der Waals surface area contributed by atoms with Gasteiger partial charge < -0.3 is 4.74 Å². The second-order valence-corrected chi connectivity index (χ2v) is 5.31. The fourth-order valence-electron chi connectivity index (χ4n) is 1.92. The van der Waals surface area contributed by atoms with Crippen LogP contribution < -0.4 is 0 Å². The summed E-state index contributed by atoms with van der Waals surface area (Å²) in [6, 6.07) is 0. The molecule has 90 valence electrons. The monoisotopic (exact) mass is 287 g/mol. The standard InChI is InChI=1S/C11H18BrN3O/c1-2-10(12)11-8-15(14-13-11)6-5-9-4-3-7-16-9/h8-10H,2-7H2,1H3. The number of alkyl halides is 1. The third-order valence-electron chi connectivity index (χ3n) is 2.94. The molecule has 1 aromatic rings. The summed E-state index contributed by atoms with van der Waals surface area (Å²) in [5, 5.41) is 8.28. The smallest absolute Gasteiger partial charge is 0.0963 e. The van der Waals surface area contributed by atoms with E-state index in [4.69, 9.17) is 4.74 Å². The van der Waals surface area contributed by atoms with Crippen LogP contribution in [0.4, 0.5) is 0 Å². The summed E-state index contributed by atoms with van der Waals surface area (Å²) in [7, 11) is 0. The van der Waals surface area contributed by atoms with E-state index in [2.05, 4.69) is 33.2 Å². The van der Waals surface area contributed by atoms with E-state index in [1.807, 2.05) is 10.9 Å². The van der Waals surface area contributed by atoms with Crippen molar-refractivity contribution in [2.24, 2.45) is 0 Å². The lowest BCUT2D eigenvalue weighted by Crippen LogP contribution is -2.10. The van der Waals surface area contributed by atoms with Crippen LogP contribution in [-0.2, 0) is 11.3 Å². The Bertz CT molecular complexity index is 323. The molecule has 5 heteroatoms. The Morgan fingerprint density at radius 1 is 1.69 bits per heavy atom. The topological polar surface area (TPSA) is 39.9 Å². The van der Waals surface area contributed by atoms with Crippen LogP contribution in [0.15, 0.2) is 6.20 Å². The van der Waals surface area contributed by atoms with E-state index in [0.717, 1.165) is 31.7 Å². The molecule has 0 aromatic carbocycles. The average molecular weight is 288 g/mol. The number of hydrogen-bond donors (Lipinski definition) is 0. The van der Waals surface area contributed by atoms with Crippen LogP contribution in [0.3, 0.4) is 0 Å². The molecule has 0 spiro atoms. The first-order chi connectivity index (χ1) is 7.79. The summed E-state index contributed by atoms with van der Waals surface area (Å²) in [6.45, 7) is 3.96. The molecule has 0 aliphatic carbocycles. The zero-order valence-corrected chi connectivity index (χ0v) is 11.2. The molecule has 1 fully saturated rings. The lowest BCUT2D eigenvalue weighted by molar-refractivity contribution is 0.0993. The van der Waals surface area contributed by atoms with E-state index in [1.54, 1.807) is 0 Å². The highest BCUT2D eigenvalue weighted by Gasteiger charge is 2.16. The molecule has 1 aromatic heterocycles. The number of nitrogens with zero attached hydrogens (tertiary/aromatic N) is 3. The van der Waals surface area contributed by atoms with Gasteiger partial charge in [-0.3, -0.25) is 4.68 Å². The molecule has 16 heavy (non-hydrogen) atoms. The normalized spacial score (nSPS) is 22.5. The number of halogens is 1. The van der Waals surface area contributed by atoms with Crippen molar-refractivity contribution in [1.82, 2.24) is 15.0 Å². The maximum Gasteiger partial charge on any atom is 0.0963 e. The Morgan fingerprint density at radius 3 is 3.25 bits per heavy atom. The molecule has 4 nitrogen and oxygen atoms in total. The highest BCUT2D eigenvalue weighted by molar-refractivity contribution is 9.09. The molecule has 2 atom stereocenters. The maximum atomic E-state index is 5.58. The maximum absolute atomic E-state index is 5.58. The van der Waals surface area contributed by atoms with Crippen molar-refractivity contribution in [3.63, 3.8) is 0 Å². The molecule has 2 unspecified atom stereocenters. The first-order valence-electron chi connectivity index (χ1n) is 5.95. The minimum atomic E-state index is 0.323. The van der Waals surface area contributed by atoms with Crippen LogP contribution in [-0.4, -0.2) is 27.7 Å². The lowest BCUT2D eigenvalue weighted by atomic mass is 10.2. The molecule has 1 aliphatic heterocycles. The number of aromatic nitrogens is 3. The summed E-state index contributed by atoms with van der Waals surface area (Å²) in [5.74, 6) is 0. The number of rotatable bonds is 5. The lowest BCUT2D eigenvalue weighted by Gasteiger charge is -2.07. The van der Waals surface area contributed by atoms with Crippen LogP contribution in [0.2, 0.25) is 0 Å². The Balaban J connectivity index is 1.82. The van der Waals surface area contributed by atoms with Gasteiger partial charge in [0.15, 0.2) is 0 Å². The third kappa shape index (κ3) is 3.04. The molecular formula is C11H18BrN3O. The van der Waals surface area contributed by atoms with E-state index < -0.39 is 0 Å². The molecule has 0 radical (unpaired) electrons. The predicted molar refractivity (Wildman–Crippen MR) is 65.6 cm³/mol. The van der Waals surface area contributed by atoms with Crippen molar-refractivity contribution >= 4 is 15.9 Å². The molecule has 0 amide bonds. The highest BCUT2D eigenvalue weighted by atomic mass is 79.9. The molecule has 0 bridgehead atoms. The van der Waals surface area contributed by atoms with E-state index in [0.29, 0.717) is 10.9 Å². The Kier molecular flexibility index (Phi) is 4.35. The average Bonchev–Trinajstić information content (AvgIpc) is 2.96. The summed E-state index contributed by atoms with van der Waals surface area (Å²) in [5.41, 5.74) is 1.02. The molecule has 1 aliphatic rings. The van der Waals surface area contributed by atoms with Crippen LogP contribution in [0, 0.1) is 0 Å². The van der Waals surface area contributed by atoms with Crippen molar-refractivity contribution in [2.45, 2.75) is 50.1 Å². The van der Waals surface area contributed by atoms with E-state index >= 15 is 0 Å². The second kappa shape index (κ2) is 5.77. The minimum Gasteiger partial charge on any atom is -0.378 e. The summed E-state index contributed by atoms with van der Waals surface area (Å²) < 4.78 is 7.50. The Labute approximate surface area is 104 Å². The van der Waals surface area contributed by atoms with Gasteiger partial charge in [-0.15, -0.1) is 5.10 Å². The first-order valence-corrected chi connectivity index (χ1v) is 6.87. The molecular weight excluding hydrogens is 270 g/mol. The Morgan fingerprint density at radius 2 is 2.56 bits per heavy atom. The van der Waals surface area contributed by atoms with Crippen LogP contribution in [0.25, 0.3) is 0 Å². The number of ether oxygens (including phenoxy) is 1. The summed E-state index contributed by atoms with van der Waals surface area (Å²) in [6.07, 6.45) is 6.92. The number of aryl methyl sites for hydroxylation is 1. The zero-order chi connectivity index (χ0) is 11.4. The molecule has 2 heterocycles. The van der Waals surface area contributed by atoms with Gasteiger partial charge in [0.25, 0.3) is 0 Å². The number of hydrogen-bond acceptors (Lipinski definition) is 3. The van der Waals surface area contributed by atoms with Gasteiger partial charge in [0.05, 0.1) is 16.6 Å². The van der Waals surface area contributed by atoms with Crippen molar-refractivity contribution in [2.75, 3.05) is 6.61 Å².